The molecule has 24 heavy (non-hydrogen) atoms. The number of carbonyl (C=O) groups is 1. The number of carbonyl (C=O) groups excluding carboxylic acids is 1. The maximum Gasteiger partial charge on any atom is 0.220 e. The lowest BCUT2D eigenvalue weighted by atomic mass is 10.2. The van der Waals surface area contributed by atoms with Crippen LogP contribution in [-0.4, -0.2) is 34.8 Å². The molecule has 1 aliphatic rings. The van der Waals surface area contributed by atoms with Crippen LogP contribution in [0.5, 0.6) is 0 Å². The minimum Gasteiger partial charge on any atom is -0.368 e. The first-order valence-electron chi connectivity index (χ1n) is 7.99. The van der Waals surface area contributed by atoms with Crippen LogP contribution in [0.1, 0.15) is 18.5 Å². The minimum atomic E-state index is 0.0645. The maximum absolute atomic E-state index is 12.1. The van der Waals surface area contributed by atoms with E-state index in [2.05, 4.69) is 15.3 Å². The summed E-state index contributed by atoms with van der Waals surface area (Å²) >= 11 is 12.2. The predicted molar refractivity (Wildman–Crippen MR) is 96.8 cm³/mol. The molecule has 0 saturated carbocycles. The van der Waals surface area contributed by atoms with Gasteiger partial charge in [-0.05, 0) is 30.7 Å². The highest BCUT2D eigenvalue weighted by Crippen LogP contribution is 2.31. The van der Waals surface area contributed by atoms with Gasteiger partial charge < -0.3 is 10.2 Å². The van der Waals surface area contributed by atoms with Crippen LogP contribution in [0.2, 0.25) is 10.0 Å². The fourth-order valence-corrected chi connectivity index (χ4v) is 3.50. The molecule has 1 aromatic carbocycles. The Kier molecular flexibility index (Phi) is 5.31. The van der Waals surface area contributed by atoms with Gasteiger partial charge in [0.2, 0.25) is 5.91 Å². The van der Waals surface area contributed by atoms with Crippen LogP contribution in [0.15, 0.2) is 30.5 Å². The molecule has 1 fully saturated rings. The SMILES string of the molecule is Cn1ccc(CCC(=O)NC2CCN(c3ccc(Cl)cc3Cl)C2)n1. The average molecular weight is 367 g/mol. The number of halogens is 2. The van der Waals surface area contributed by atoms with E-state index in [-0.39, 0.29) is 11.9 Å². The zero-order chi connectivity index (χ0) is 17.1. The second kappa shape index (κ2) is 7.45. The molecule has 3 rings (SSSR count). The van der Waals surface area contributed by atoms with Gasteiger partial charge in [-0.15, -0.1) is 0 Å². The molecular weight excluding hydrogens is 347 g/mol. The number of benzene rings is 1. The Balaban J connectivity index is 1.49. The van der Waals surface area contributed by atoms with Crippen molar-refractivity contribution in [2.24, 2.45) is 7.05 Å². The van der Waals surface area contributed by atoms with Crippen molar-refractivity contribution in [1.82, 2.24) is 15.1 Å². The largest absolute Gasteiger partial charge is 0.368 e. The summed E-state index contributed by atoms with van der Waals surface area (Å²) in [5.74, 6) is 0.0645. The van der Waals surface area contributed by atoms with Crippen molar-refractivity contribution in [3.05, 3.63) is 46.2 Å². The molecule has 7 heteroatoms. The van der Waals surface area contributed by atoms with Gasteiger partial charge in [0.1, 0.15) is 0 Å². The monoisotopic (exact) mass is 366 g/mol. The maximum atomic E-state index is 12.1. The molecule has 0 spiro atoms. The molecule has 2 aromatic rings. The van der Waals surface area contributed by atoms with Crippen molar-refractivity contribution in [2.45, 2.75) is 25.3 Å². The standard InChI is InChI=1S/C17H20Cl2N4O/c1-22-8-6-13(21-22)3-5-17(24)20-14-7-9-23(11-14)16-4-2-12(18)10-15(16)19/h2,4,6,8,10,14H,3,5,7,9,11H2,1H3,(H,20,24). The first-order chi connectivity index (χ1) is 11.5. The average Bonchev–Trinajstić information content (AvgIpc) is 3.14. The van der Waals surface area contributed by atoms with Gasteiger partial charge in [-0.1, -0.05) is 23.2 Å². The number of hydrogen-bond acceptors (Lipinski definition) is 3. The minimum absolute atomic E-state index is 0.0645. The van der Waals surface area contributed by atoms with Gasteiger partial charge in [0, 0.05) is 50.2 Å². The molecule has 5 nitrogen and oxygen atoms in total. The molecular formula is C17H20Cl2N4O. The number of aromatic nitrogens is 2. The zero-order valence-electron chi connectivity index (χ0n) is 13.5. The van der Waals surface area contributed by atoms with Crippen molar-refractivity contribution < 1.29 is 4.79 Å². The van der Waals surface area contributed by atoms with E-state index in [4.69, 9.17) is 23.2 Å². The molecule has 1 amide bonds. The van der Waals surface area contributed by atoms with Crippen molar-refractivity contribution in [3.63, 3.8) is 0 Å². The molecule has 1 unspecified atom stereocenters. The summed E-state index contributed by atoms with van der Waals surface area (Å²) in [4.78, 5) is 14.3. The quantitative estimate of drug-likeness (QED) is 0.884. The van der Waals surface area contributed by atoms with E-state index in [0.29, 0.717) is 22.9 Å². The van der Waals surface area contributed by atoms with E-state index in [1.54, 1.807) is 10.7 Å². The summed E-state index contributed by atoms with van der Waals surface area (Å²) in [5.41, 5.74) is 1.90. The van der Waals surface area contributed by atoms with Gasteiger partial charge in [-0.3, -0.25) is 9.48 Å². The van der Waals surface area contributed by atoms with Gasteiger partial charge in [0.25, 0.3) is 0 Å². The molecule has 0 radical (unpaired) electrons. The molecule has 1 saturated heterocycles. The summed E-state index contributed by atoms with van der Waals surface area (Å²) in [6.45, 7) is 1.63. The van der Waals surface area contributed by atoms with Gasteiger partial charge in [-0.2, -0.15) is 5.10 Å². The molecule has 0 bridgehead atoms. The number of rotatable bonds is 5. The van der Waals surface area contributed by atoms with Crippen molar-refractivity contribution in [3.8, 4) is 0 Å². The van der Waals surface area contributed by atoms with E-state index in [9.17, 15) is 4.79 Å². The topological polar surface area (TPSA) is 50.2 Å². The van der Waals surface area contributed by atoms with E-state index in [0.717, 1.165) is 30.9 Å². The molecule has 1 aromatic heterocycles. The van der Waals surface area contributed by atoms with Gasteiger partial charge >= 0.3 is 0 Å². The second-order valence-electron chi connectivity index (χ2n) is 6.08. The van der Waals surface area contributed by atoms with E-state index < -0.39 is 0 Å². The Morgan fingerprint density at radius 2 is 2.21 bits per heavy atom. The fraction of sp³-hybridized carbons (Fsp3) is 0.412. The normalized spacial score (nSPS) is 17.3. The summed E-state index contributed by atoms with van der Waals surface area (Å²) < 4.78 is 1.75. The van der Waals surface area contributed by atoms with Crippen molar-refractivity contribution >= 4 is 34.8 Å². The lowest BCUT2D eigenvalue weighted by molar-refractivity contribution is -0.121. The van der Waals surface area contributed by atoms with E-state index in [1.807, 2.05) is 31.4 Å². The Morgan fingerprint density at radius 1 is 1.38 bits per heavy atom. The Hall–Kier alpha value is -1.72. The third-order valence-electron chi connectivity index (χ3n) is 4.18. The van der Waals surface area contributed by atoms with Crippen LogP contribution in [0.3, 0.4) is 0 Å². The van der Waals surface area contributed by atoms with Crippen LogP contribution in [0, 0.1) is 0 Å². The third kappa shape index (κ3) is 4.22. The first-order valence-corrected chi connectivity index (χ1v) is 8.75. The van der Waals surface area contributed by atoms with Crippen LogP contribution in [0.25, 0.3) is 0 Å². The Morgan fingerprint density at radius 3 is 2.92 bits per heavy atom. The summed E-state index contributed by atoms with van der Waals surface area (Å²) in [7, 11) is 1.87. The van der Waals surface area contributed by atoms with Crippen molar-refractivity contribution in [2.75, 3.05) is 18.0 Å². The Bertz CT molecular complexity index is 731. The van der Waals surface area contributed by atoms with Crippen LogP contribution in [0.4, 0.5) is 5.69 Å². The lowest BCUT2D eigenvalue weighted by Crippen LogP contribution is -2.37. The smallest absolute Gasteiger partial charge is 0.220 e. The number of amides is 1. The molecule has 128 valence electrons. The number of nitrogens with one attached hydrogen (secondary N) is 1. The van der Waals surface area contributed by atoms with Gasteiger partial charge in [0.15, 0.2) is 0 Å². The summed E-state index contributed by atoms with van der Waals surface area (Å²) in [6, 6.07) is 7.59. The summed E-state index contributed by atoms with van der Waals surface area (Å²) in [6.07, 6.45) is 3.91. The second-order valence-corrected chi connectivity index (χ2v) is 6.92. The first kappa shape index (κ1) is 17.1. The van der Waals surface area contributed by atoms with Crippen LogP contribution in [-0.2, 0) is 18.3 Å². The van der Waals surface area contributed by atoms with Crippen molar-refractivity contribution in [1.29, 1.82) is 0 Å². The highest BCUT2D eigenvalue weighted by Gasteiger charge is 2.25. The molecule has 2 heterocycles. The molecule has 0 aliphatic carbocycles. The van der Waals surface area contributed by atoms with E-state index >= 15 is 0 Å². The highest BCUT2D eigenvalue weighted by atomic mass is 35.5. The Labute approximate surface area is 151 Å². The fourth-order valence-electron chi connectivity index (χ4n) is 2.97. The number of hydrogen-bond donors (Lipinski definition) is 1. The number of aryl methyl sites for hydroxylation is 2. The third-order valence-corrected chi connectivity index (χ3v) is 4.72. The van der Waals surface area contributed by atoms with E-state index in [1.165, 1.54) is 0 Å². The van der Waals surface area contributed by atoms with Crippen LogP contribution < -0.4 is 10.2 Å². The summed E-state index contributed by atoms with van der Waals surface area (Å²) in [5, 5.41) is 8.66. The molecule has 1 aliphatic heterocycles. The zero-order valence-corrected chi connectivity index (χ0v) is 15.0. The lowest BCUT2D eigenvalue weighted by Gasteiger charge is -2.20. The van der Waals surface area contributed by atoms with Gasteiger partial charge in [-0.25, -0.2) is 0 Å². The van der Waals surface area contributed by atoms with Gasteiger partial charge in [0.05, 0.1) is 16.4 Å². The molecule has 1 N–H and O–H groups in total. The predicted octanol–water partition coefficient (Wildman–Crippen LogP) is 3.05. The molecule has 1 atom stereocenters. The highest BCUT2D eigenvalue weighted by molar-refractivity contribution is 6.36. The number of anilines is 1. The number of nitrogens with zero attached hydrogens (tertiary/aromatic N) is 3. The van der Waals surface area contributed by atoms with Crippen LogP contribution >= 0.6 is 23.2 Å².